The Morgan fingerprint density at radius 2 is 1.80 bits per heavy atom. The second kappa shape index (κ2) is 4.93. The van der Waals surface area contributed by atoms with E-state index in [9.17, 15) is 9.59 Å². The molecule has 0 radical (unpaired) electrons. The third-order valence-corrected chi connectivity index (χ3v) is 1.68. The van der Waals surface area contributed by atoms with E-state index in [1.807, 2.05) is 0 Å². The van der Waals surface area contributed by atoms with E-state index in [4.69, 9.17) is 41.2 Å². The van der Waals surface area contributed by atoms with Crippen molar-refractivity contribution in [3.63, 3.8) is 0 Å². The lowest BCUT2D eigenvalue weighted by molar-refractivity contribution is -0.119. The Bertz CT molecular complexity index is 314. The van der Waals surface area contributed by atoms with E-state index in [1.165, 1.54) is 13.8 Å². The van der Waals surface area contributed by atoms with Crippen LogP contribution in [-0.2, 0) is 9.53 Å². The molecule has 0 atom stereocenters. The van der Waals surface area contributed by atoms with Crippen LogP contribution < -0.4 is 5.32 Å². The van der Waals surface area contributed by atoms with Gasteiger partial charge in [-0.05, 0) is 13.8 Å². The van der Waals surface area contributed by atoms with Gasteiger partial charge in [0.2, 0.25) is 0 Å². The average molecular weight is 273 g/mol. The summed E-state index contributed by atoms with van der Waals surface area (Å²) in [6, 6.07) is 0. The number of alkyl halides is 3. The molecule has 0 bridgehead atoms. The highest BCUT2D eigenvalue weighted by atomic mass is 35.6. The van der Waals surface area contributed by atoms with Crippen LogP contribution in [0.15, 0.2) is 0 Å². The van der Waals surface area contributed by atoms with Crippen molar-refractivity contribution in [1.82, 2.24) is 5.32 Å². The number of terminal acetylenes is 1. The van der Waals surface area contributed by atoms with Crippen molar-refractivity contribution in [2.24, 2.45) is 0 Å². The van der Waals surface area contributed by atoms with Gasteiger partial charge >= 0.3 is 6.09 Å². The third kappa shape index (κ3) is 5.73. The molecule has 0 aliphatic heterocycles. The van der Waals surface area contributed by atoms with Gasteiger partial charge in [-0.15, -0.1) is 6.42 Å². The first-order valence-electron chi connectivity index (χ1n) is 3.67. The molecule has 1 N–H and O–H groups in total. The first kappa shape index (κ1) is 14.4. The molecule has 0 unspecified atom stereocenters. The zero-order chi connectivity index (χ0) is 12.3. The first-order valence-corrected chi connectivity index (χ1v) is 4.81. The van der Waals surface area contributed by atoms with Crippen molar-refractivity contribution >= 4 is 46.8 Å². The van der Waals surface area contributed by atoms with E-state index >= 15 is 0 Å². The van der Waals surface area contributed by atoms with Crippen LogP contribution in [0.3, 0.4) is 0 Å². The maximum absolute atomic E-state index is 11.0. The molecule has 0 aliphatic carbocycles. The Morgan fingerprint density at radius 3 is 2.13 bits per heavy atom. The molecule has 0 fully saturated rings. The number of carbonyl (C=O) groups excluding carboxylic acids is 2. The minimum Gasteiger partial charge on any atom is -0.430 e. The standard InChI is InChI=1S/C8H8Cl3NO3/c1-4-7(2,3)15-6(14)12-5(13)8(9,10)11/h1H,2-3H3,(H,12,13,14). The maximum Gasteiger partial charge on any atom is 0.415 e. The van der Waals surface area contributed by atoms with Gasteiger partial charge in [-0.2, -0.15) is 0 Å². The fraction of sp³-hybridized carbons (Fsp3) is 0.500. The fourth-order valence-corrected chi connectivity index (χ4v) is 0.592. The van der Waals surface area contributed by atoms with Gasteiger partial charge in [0.15, 0.2) is 5.60 Å². The van der Waals surface area contributed by atoms with Gasteiger partial charge < -0.3 is 4.74 Å². The zero-order valence-corrected chi connectivity index (χ0v) is 10.2. The van der Waals surface area contributed by atoms with Crippen LogP contribution in [0.2, 0.25) is 0 Å². The Balaban J connectivity index is 4.31. The molecule has 84 valence electrons. The summed E-state index contributed by atoms with van der Waals surface area (Å²) >= 11 is 15.6. The summed E-state index contributed by atoms with van der Waals surface area (Å²) in [5.41, 5.74) is -1.14. The largest absolute Gasteiger partial charge is 0.430 e. The zero-order valence-electron chi connectivity index (χ0n) is 7.94. The number of carbonyl (C=O) groups is 2. The second-order valence-corrected chi connectivity index (χ2v) is 5.28. The highest BCUT2D eigenvalue weighted by molar-refractivity contribution is 6.76. The molecule has 0 aliphatic rings. The van der Waals surface area contributed by atoms with E-state index in [2.05, 4.69) is 10.7 Å². The summed E-state index contributed by atoms with van der Waals surface area (Å²) in [4.78, 5) is 22.0. The van der Waals surface area contributed by atoms with Crippen molar-refractivity contribution in [2.75, 3.05) is 0 Å². The van der Waals surface area contributed by atoms with Gasteiger partial charge in [-0.3, -0.25) is 10.1 Å². The molecule has 0 saturated heterocycles. The molecule has 0 aromatic rings. The van der Waals surface area contributed by atoms with Crippen LogP contribution in [0.25, 0.3) is 0 Å². The SMILES string of the molecule is C#CC(C)(C)OC(=O)NC(=O)C(Cl)(Cl)Cl. The van der Waals surface area contributed by atoms with E-state index in [1.54, 1.807) is 5.32 Å². The number of hydrogen-bond acceptors (Lipinski definition) is 3. The van der Waals surface area contributed by atoms with Crippen LogP contribution in [0.4, 0.5) is 4.79 Å². The van der Waals surface area contributed by atoms with E-state index in [0.29, 0.717) is 0 Å². The summed E-state index contributed by atoms with van der Waals surface area (Å²) < 4.78 is 2.45. The Kier molecular flexibility index (Phi) is 4.72. The molecule has 15 heavy (non-hydrogen) atoms. The van der Waals surface area contributed by atoms with Gasteiger partial charge in [-0.1, -0.05) is 40.7 Å². The van der Waals surface area contributed by atoms with E-state index in [0.717, 1.165) is 0 Å². The van der Waals surface area contributed by atoms with Crippen molar-refractivity contribution in [3.05, 3.63) is 0 Å². The lowest BCUT2D eigenvalue weighted by Crippen LogP contribution is -2.42. The Labute approximate surface area is 102 Å². The minimum absolute atomic E-state index is 1.07. The first-order chi connectivity index (χ1) is 6.58. The molecule has 0 rings (SSSR count). The summed E-state index contributed by atoms with van der Waals surface area (Å²) in [7, 11) is 0. The number of hydrogen-bond donors (Lipinski definition) is 1. The smallest absolute Gasteiger partial charge is 0.415 e. The Morgan fingerprint density at radius 1 is 1.33 bits per heavy atom. The molecule has 7 heteroatoms. The van der Waals surface area contributed by atoms with Gasteiger partial charge in [0.05, 0.1) is 0 Å². The van der Waals surface area contributed by atoms with Crippen molar-refractivity contribution in [3.8, 4) is 12.3 Å². The van der Waals surface area contributed by atoms with Gasteiger partial charge in [0.1, 0.15) is 0 Å². The van der Waals surface area contributed by atoms with Crippen LogP contribution in [0.5, 0.6) is 0 Å². The fourth-order valence-electron chi connectivity index (χ4n) is 0.450. The van der Waals surface area contributed by atoms with Crippen molar-refractivity contribution in [1.29, 1.82) is 0 Å². The number of ether oxygens (including phenoxy) is 1. The lowest BCUT2D eigenvalue weighted by atomic mass is 10.2. The molecule has 2 amide bonds. The molecule has 0 aromatic heterocycles. The van der Waals surface area contributed by atoms with Crippen molar-refractivity contribution in [2.45, 2.75) is 23.2 Å². The van der Waals surface area contributed by atoms with Crippen molar-refractivity contribution < 1.29 is 14.3 Å². The summed E-state index contributed by atoms with van der Waals surface area (Å²) in [6.45, 7) is 2.93. The monoisotopic (exact) mass is 271 g/mol. The van der Waals surface area contributed by atoms with Gasteiger partial charge in [0.25, 0.3) is 9.70 Å². The van der Waals surface area contributed by atoms with E-state index < -0.39 is 21.4 Å². The number of alkyl carbamates (subject to hydrolysis) is 1. The molecule has 0 aromatic carbocycles. The third-order valence-electron chi connectivity index (χ3n) is 1.17. The number of nitrogens with one attached hydrogen (secondary N) is 1. The predicted octanol–water partition coefficient (Wildman–Crippen LogP) is 2.02. The molecular formula is C8H8Cl3NO3. The number of imide groups is 1. The quantitative estimate of drug-likeness (QED) is 0.587. The molecule has 0 saturated carbocycles. The number of rotatable bonds is 1. The normalized spacial score (nSPS) is 11.5. The average Bonchev–Trinajstić information content (AvgIpc) is 2.01. The predicted molar refractivity (Wildman–Crippen MR) is 57.8 cm³/mol. The lowest BCUT2D eigenvalue weighted by Gasteiger charge is -2.19. The highest BCUT2D eigenvalue weighted by Gasteiger charge is 2.33. The Hall–Kier alpha value is -0.630. The summed E-state index contributed by atoms with van der Waals surface area (Å²) in [5.74, 6) is 1.08. The topological polar surface area (TPSA) is 55.4 Å². The van der Waals surface area contributed by atoms with Gasteiger partial charge in [-0.25, -0.2) is 4.79 Å². The van der Waals surface area contributed by atoms with Crippen LogP contribution in [-0.4, -0.2) is 21.4 Å². The minimum atomic E-state index is -2.22. The van der Waals surface area contributed by atoms with Crippen LogP contribution in [0.1, 0.15) is 13.8 Å². The maximum atomic E-state index is 11.0. The molecule has 0 heterocycles. The summed E-state index contributed by atoms with van der Waals surface area (Å²) in [6.07, 6.45) is 3.98. The molecule has 4 nitrogen and oxygen atoms in total. The second-order valence-electron chi connectivity index (χ2n) is 3.00. The highest BCUT2D eigenvalue weighted by Crippen LogP contribution is 2.25. The number of halogens is 3. The van der Waals surface area contributed by atoms with Gasteiger partial charge in [0, 0.05) is 0 Å². The van der Waals surface area contributed by atoms with Crippen LogP contribution in [0, 0.1) is 12.3 Å². The summed E-state index contributed by atoms with van der Waals surface area (Å²) in [5, 5.41) is 1.72. The molecular weight excluding hydrogens is 264 g/mol. The number of amides is 2. The molecule has 0 spiro atoms. The van der Waals surface area contributed by atoms with E-state index in [-0.39, 0.29) is 0 Å². The van der Waals surface area contributed by atoms with Crippen LogP contribution >= 0.6 is 34.8 Å².